The summed E-state index contributed by atoms with van der Waals surface area (Å²) in [5.74, 6) is 1.17. The van der Waals surface area contributed by atoms with E-state index >= 15 is 0 Å². The summed E-state index contributed by atoms with van der Waals surface area (Å²) < 4.78 is 24.2. The third-order valence-electron chi connectivity index (χ3n) is 4.95. The van der Waals surface area contributed by atoms with Crippen LogP contribution in [0.1, 0.15) is 31.2 Å². The lowest BCUT2D eigenvalue weighted by Gasteiger charge is -2.32. The Labute approximate surface area is 165 Å². The molecule has 3 rings (SSSR count). The first-order chi connectivity index (χ1) is 13.1. The summed E-state index contributed by atoms with van der Waals surface area (Å²) in [6, 6.07) is 12.5. The van der Waals surface area contributed by atoms with Crippen LogP contribution in [0.2, 0.25) is 0 Å². The second kappa shape index (κ2) is 9.04. The van der Waals surface area contributed by atoms with Crippen LogP contribution >= 0.6 is 12.2 Å². The van der Waals surface area contributed by atoms with Crippen molar-refractivity contribution >= 4 is 23.0 Å². The SMILES string of the molecule is COc1cccc(CN(C(=S)Nc2ccc(F)cc2)C2CCCC2)c1OC. The third kappa shape index (κ3) is 4.69. The van der Waals surface area contributed by atoms with Gasteiger partial charge in [-0.2, -0.15) is 0 Å². The van der Waals surface area contributed by atoms with E-state index in [2.05, 4.69) is 10.2 Å². The van der Waals surface area contributed by atoms with Gasteiger partial charge in [0, 0.05) is 23.8 Å². The third-order valence-corrected chi connectivity index (χ3v) is 5.28. The molecule has 144 valence electrons. The van der Waals surface area contributed by atoms with Gasteiger partial charge in [0.15, 0.2) is 16.6 Å². The van der Waals surface area contributed by atoms with Gasteiger partial charge in [0.2, 0.25) is 0 Å². The second-order valence-corrected chi connectivity index (χ2v) is 7.04. The summed E-state index contributed by atoms with van der Waals surface area (Å²) in [5, 5.41) is 3.89. The number of thiocarbonyl (C=S) groups is 1. The Bertz CT molecular complexity index is 776. The van der Waals surface area contributed by atoms with Crippen LogP contribution in [0.25, 0.3) is 0 Å². The van der Waals surface area contributed by atoms with E-state index in [4.69, 9.17) is 21.7 Å². The molecular formula is C21H25FN2O2S. The summed E-state index contributed by atoms with van der Waals surface area (Å²) in [6.07, 6.45) is 4.63. The maximum absolute atomic E-state index is 13.2. The van der Waals surface area contributed by atoms with Gasteiger partial charge in [-0.05, 0) is 55.4 Å². The number of methoxy groups -OCH3 is 2. The molecule has 4 nitrogen and oxygen atoms in total. The molecular weight excluding hydrogens is 363 g/mol. The fourth-order valence-corrected chi connectivity index (χ4v) is 3.90. The number of halogens is 1. The van der Waals surface area contributed by atoms with Crippen LogP contribution in [0, 0.1) is 5.82 Å². The number of para-hydroxylation sites is 1. The van der Waals surface area contributed by atoms with Crippen molar-refractivity contribution in [1.82, 2.24) is 4.90 Å². The zero-order valence-corrected chi connectivity index (χ0v) is 16.5. The molecule has 0 radical (unpaired) electrons. The number of hydrogen-bond donors (Lipinski definition) is 1. The van der Waals surface area contributed by atoms with Crippen LogP contribution in [0.5, 0.6) is 11.5 Å². The Morgan fingerprint density at radius 1 is 1.11 bits per heavy atom. The standard InChI is InChI=1S/C21H25FN2O2S/c1-25-19-9-5-6-15(20(19)26-2)14-24(18-7-3-4-8-18)21(27)23-17-12-10-16(22)11-13-17/h5-6,9-13,18H,3-4,7-8,14H2,1-2H3,(H,23,27). The number of benzene rings is 2. The summed E-state index contributed by atoms with van der Waals surface area (Å²) >= 11 is 5.72. The highest BCUT2D eigenvalue weighted by molar-refractivity contribution is 7.80. The van der Waals surface area contributed by atoms with Crippen LogP contribution in [0.4, 0.5) is 10.1 Å². The number of anilines is 1. The summed E-state index contributed by atoms with van der Waals surface area (Å²) in [5.41, 5.74) is 1.80. The summed E-state index contributed by atoms with van der Waals surface area (Å²) in [7, 11) is 3.29. The predicted octanol–water partition coefficient (Wildman–Crippen LogP) is 4.98. The molecule has 0 unspecified atom stereocenters. The molecule has 0 atom stereocenters. The van der Waals surface area contributed by atoms with Crippen molar-refractivity contribution in [3.05, 3.63) is 53.8 Å². The molecule has 0 saturated heterocycles. The molecule has 0 bridgehead atoms. The number of nitrogens with zero attached hydrogens (tertiary/aromatic N) is 1. The fourth-order valence-electron chi connectivity index (χ4n) is 3.57. The molecule has 2 aromatic carbocycles. The van der Waals surface area contributed by atoms with Crippen molar-refractivity contribution in [2.75, 3.05) is 19.5 Å². The summed E-state index contributed by atoms with van der Waals surface area (Å²) in [4.78, 5) is 2.21. The topological polar surface area (TPSA) is 33.7 Å². The Balaban J connectivity index is 1.83. The van der Waals surface area contributed by atoms with Crippen molar-refractivity contribution in [3.63, 3.8) is 0 Å². The highest BCUT2D eigenvalue weighted by atomic mass is 32.1. The van der Waals surface area contributed by atoms with Gasteiger partial charge in [0.1, 0.15) is 5.82 Å². The van der Waals surface area contributed by atoms with Gasteiger partial charge < -0.3 is 19.7 Å². The zero-order valence-electron chi connectivity index (χ0n) is 15.7. The molecule has 1 fully saturated rings. The molecule has 1 aliphatic rings. The lowest BCUT2D eigenvalue weighted by Crippen LogP contribution is -2.41. The molecule has 0 aliphatic heterocycles. The van der Waals surface area contributed by atoms with E-state index in [0.717, 1.165) is 29.8 Å². The lowest BCUT2D eigenvalue weighted by atomic mass is 10.1. The van der Waals surface area contributed by atoms with Gasteiger partial charge in [-0.3, -0.25) is 0 Å². The first kappa shape index (κ1) is 19.4. The number of rotatable bonds is 6. The molecule has 1 saturated carbocycles. The second-order valence-electron chi connectivity index (χ2n) is 6.66. The van der Waals surface area contributed by atoms with E-state index in [1.165, 1.54) is 25.0 Å². The monoisotopic (exact) mass is 388 g/mol. The quantitative estimate of drug-likeness (QED) is 0.706. The highest BCUT2D eigenvalue weighted by Crippen LogP contribution is 2.33. The highest BCUT2D eigenvalue weighted by Gasteiger charge is 2.26. The van der Waals surface area contributed by atoms with E-state index in [0.29, 0.717) is 23.4 Å². The minimum atomic E-state index is -0.264. The zero-order chi connectivity index (χ0) is 19.2. The number of ether oxygens (including phenoxy) is 2. The van der Waals surface area contributed by atoms with Gasteiger partial charge >= 0.3 is 0 Å². The predicted molar refractivity (Wildman–Crippen MR) is 110 cm³/mol. The molecule has 0 amide bonds. The normalized spacial score (nSPS) is 14.0. The van der Waals surface area contributed by atoms with Crippen LogP contribution in [0.3, 0.4) is 0 Å². The van der Waals surface area contributed by atoms with Gasteiger partial charge in [-0.1, -0.05) is 25.0 Å². The van der Waals surface area contributed by atoms with Crippen molar-refractivity contribution in [2.24, 2.45) is 0 Å². The number of hydrogen-bond acceptors (Lipinski definition) is 3. The van der Waals surface area contributed by atoms with Crippen molar-refractivity contribution in [3.8, 4) is 11.5 Å². The average molecular weight is 389 g/mol. The smallest absolute Gasteiger partial charge is 0.173 e. The maximum Gasteiger partial charge on any atom is 0.173 e. The Kier molecular flexibility index (Phi) is 6.50. The Morgan fingerprint density at radius 2 is 1.81 bits per heavy atom. The number of nitrogens with one attached hydrogen (secondary N) is 1. The van der Waals surface area contributed by atoms with Crippen LogP contribution in [-0.4, -0.2) is 30.3 Å². The van der Waals surface area contributed by atoms with Gasteiger partial charge in [-0.25, -0.2) is 4.39 Å². The van der Waals surface area contributed by atoms with E-state index < -0.39 is 0 Å². The summed E-state index contributed by atoms with van der Waals surface area (Å²) in [6.45, 7) is 0.623. The average Bonchev–Trinajstić information content (AvgIpc) is 3.21. The molecule has 1 N–H and O–H groups in total. The van der Waals surface area contributed by atoms with Crippen LogP contribution < -0.4 is 14.8 Å². The van der Waals surface area contributed by atoms with E-state index in [1.54, 1.807) is 26.4 Å². The molecule has 6 heteroatoms. The van der Waals surface area contributed by atoms with Gasteiger partial charge in [0.05, 0.1) is 14.2 Å². The Morgan fingerprint density at radius 3 is 2.44 bits per heavy atom. The van der Waals surface area contributed by atoms with Crippen molar-refractivity contribution in [2.45, 2.75) is 38.3 Å². The molecule has 0 aromatic heterocycles. The van der Waals surface area contributed by atoms with Gasteiger partial charge in [0.25, 0.3) is 0 Å². The minimum Gasteiger partial charge on any atom is -0.493 e. The van der Waals surface area contributed by atoms with E-state index in [-0.39, 0.29) is 5.82 Å². The minimum absolute atomic E-state index is 0.264. The molecule has 27 heavy (non-hydrogen) atoms. The largest absolute Gasteiger partial charge is 0.493 e. The molecule has 0 spiro atoms. The van der Waals surface area contributed by atoms with E-state index in [1.807, 2.05) is 18.2 Å². The first-order valence-electron chi connectivity index (χ1n) is 9.15. The van der Waals surface area contributed by atoms with Crippen molar-refractivity contribution < 1.29 is 13.9 Å². The first-order valence-corrected chi connectivity index (χ1v) is 9.56. The molecule has 1 aliphatic carbocycles. The van der Waals surface area contributed by atoms with E-state index in [9.17, 15) is 4.39 Å². The fraction of sp³-hybridized carbons (Fsp3) is 0.381. The molecule has 0 heterocycles. The van der Waals surface area contributed by atoms with Gasteiger partial charge in [-0.15, -0.1) is 0 Å². The van der Waals surface area contributed by atoms with Crippen LogP contribution in [0.15, 0.2) is 42.5 Å². The van der Waals surface area contributed by atoms with Crippen molar-refractivity contribution in [1.29, 1.82) is 0 Å². The van der Waals surface area contributed by atoms with Crippen LogP contribution in [-0.2, 0) is 6.54 Å². The maximum atomic E-state index is 13.2. The lowest BCUT2D eigenvalue weighted by molar-refractivity contribution is 0.300. The Hall–Kier alpha value is -2.34. The molecule has 2 aromatic rings.